The van der Waals surface area contributed by atoms with E-state index in [0.29, 0.717) is 18.7 Å². The molecule has 0 saturated carbocycles. The second-order valence-electron chi connectivity index (χ2n) is 4.41. The fourth-order valence-corrected chi connectivity index (χ4v) is 2.13. The van der Waals surface area contributed by atoms with E-state index in [2.05, 4.69) is 10.1 Å². The maximum Gasteiger partial charge on any atom is 0.255 e. The molecule has 0 radical (unpaired) electrons. The first kappa shape index (κ1) is 13.5. The van der Waals surface area contributed by atoms with Crippen molar-refractivity contribution in [3.63, 3.8) is 0 Å². The molecule has 6 nitrogen and oxygen atoms in total. The summed E-state index contributed by atoms with van der Waals surface area (Å²) in [6.45, 7) is 4.63. The van der Waals surface area contributed by atoms with Gasteiger partial charge in [0.2, 0.25) is 0 Å². The maximum atomic E-state index is 12.3. The predicted octanol–water partition coefficient (Wildman–Crippen LogP) is 0.731. The topological polar surface area (TPSA) is 71.2 Å². The van der Waals surface area contributed by atoms with Gasteiger partial charge >= 0.3 is 0 Å². The van der Waals surface area contributed by atoms with Crippen molar-refractivity contribution in [3.8, 4) is 0 Å². The molecule has 0 bridgehead atoms. The molecule has 102 valence electrons. The minimum atomic E-state index is -0.116. The summed E-state index contributed by atoms with van der Waals surface area (Å²) in [5, 5.41) is 14.1. The van der Waals surface area contributed by atoms with Crippen molar-refractivity contribution in [1.82, 2.24) is 19.7 Å². The van der Waals surface area contributed by atoms with E-state index in [1.54, 1.807) is 15.8 Å². The highest BCUT2D eigenvalue weighted by Crippen LogP contribution is 2.17. The Hall–Kier alpha value is -1.95. The Bertz CT molecular complexity index is 606. The summed E-state index contributed by atoms with van der Waals surface area (Å²) >= 11 is 0. The first-order chi connectivity index (χ1) is 9.08. The summed E-state index contributed by atoms with van der Waals surface area (Å²) in [5.74, 6) is -0.116. The summed E-state index contributed by atoms with van der Waals surface area (Å²) in [6, 6.07) is 1.81. The summed E-state index contributed by atoms with van der Waals surface area (Å²) in [7, 11) is 1.83. The average molecular weight is 262 g/mol. The van der Waals surface area contributed by atoms with Gasteiger partial charge in [-0.3, -0.25) is 9.48 Å². The standard InChI is InChI=1S/C13H18N4O2/c1-4-17(5-6-18)13(19)10-7-11-9(2)15-16(3)12(11)14-8-10/h7-8,18H,4-6H2,1-3H3. The van der Waals surface area contributed by atoms with Crippen LogP contribution in [0.4, 0.5) is 0 Å². The number of pyridine rings is 1. The number of hydrogen-bond acceptors (Lipinski definition) is 4. The number of amides is 1. The molecule has 0 atom stereocenters. The van der Waals surface area contributed by atoms with E-state index in [0.717, 1.165) is 16.7 Å². The van der Waals surface area contributed by atoms with Gasteiger partial charge in [0, 0.05) is 31.7 Å². The van der Waals surface area contributed by atoms with Gasteiger partial charge < -0.3 is 10.0 Å². The largest absolute Gasteiger partial charge is 0.395 e. The molecule has 1 N–H and O–H groups in total. The minimum Gasteiger partial charge on any atom is -0.395 e. The predicted molar refractivity (Wildman–Crippen MR) is 71.9 cm³/mol. The van der Waals surface area contributed by atoms with Gasteiger partial charge in [-0.1, -0.05) is 0 Å². The van der Waals surface area contributed by atoms with Gasteiger partial charge in [0.05, 0.1) is 17.9 Å². The van der Waals surface area contributed by atoms with E-state index in [1.807, 2.05) is 27.0 Å². The lowest BCUT2D eigenvalue weighted by Crippen LogP contribution is -2.33. The number of nitrogens with zero attached hydrogens (tertiary/aromatic N) is 4. The molecule has 0 saturated heterocycles. The second-order valence-corrected chi connectivity index (χ2v) is 4.41. The van der Waals surface area contributed by atoms with Crippen LogP contribution in [-0.4, -0.2) is 50.4 Å². The van der Waals surface area contributed by atoms with Crippen molar-refractivity contribution in [2.45, 2.75) is 13.8 Å². The first-order valence-electron chi connectivity index (χ1n) is 6.28. The molecule has 1 amide bonds. The quantitative estimate of drug-likeness (QED) is 0.881. The highest BCUT2D eigenvalue weighted by molar-refractivity contribution is 5.97. The molecule has 2 heterocycles. The number of carbonyl (C=O) groups is 1. The van der Waals surface area contributed by atoms with Gasteiger partial charge in [-0.15, -0.1) is 0 Å². The number of aliphatic hydroxyl groups is 1. The van der Waals surface area contributed by atoms with Crippen molar-refractivity contribution in [2.75, 3.05) is 19.7 Å². The van der Waals surface area contributed by atoms with Gasteiger partial charge in [-0.25, -0.2) is 4.98 Å². The zero-order chi connectivity index (χ0) is 14.0. The highest BCUT2D eigenvalue weighted by atomic mass is 16.3. The summed E-state index contributed by atoms with van der Waals surface area (Å²) < 4.78 is 1.70. The summed E-state index contributed by atoms with van der Waals surface area (Å²) in [6.07, 6.45) is 1.56. The van der Waals surface area contributed by atoms with Gasteiger partial charge in [-0.2, -0.15) is 5.10 Å². The van der Waals surface area contributed by atoms with Crippen LogP contribution in [0.3, 0.4) is 0 Å². The van der Waals surface area contributed by atoms with Crippen molar-refractivity contribution in [3.05, 3.63) is 23.5 Å². The molecule has 0 fully saturated rings. The maximum absolute atomic E-state index is 12.3. The van der Waals surface area contributed by atoms with Crippen LogP contribution in [0.25, 0.3) is 11.0 Å². The van der Waals surface area contributed by atoms with Gasteiger partial charge in [-0.05, 0) is 19.9 Å². The number of rotatable bonds is 4. The van der Waals surface area contributed by atoms with Crippen LogP contribution in [0.15, 0.2) is 12.3 Å². The van der Waals surface area contributed by atoms with E-state index >= 15 is 0 Å². The molecule has 0 spiro atoms. The summed E-state index contributed by atoms with van der Waals surface area (Å²) in [4.78, 5) is 18.2. The van der Waals surface area contributed by atoms with E-state index in [1.165, 1.54) is 0 Å². The number of carbonyl (C=O) groups excluding carboxylic acids is 1. The third-order valence-corrected chi connectivity index (χ3v) is 3.15. The normalized spacial score (nSPS) is 10.9. The van der Waals surface area contributed by atoms with Gasteiger partial charge in [0.1, 0.15) is 0 Å². The lowest BCUT2D eigenvalue weighted by atomic mass is 10.2. The Balaban J connectivity index is 2.40. The lowest BCUT2D eigenvalue weighted by Gasteiger charge is -2.19. The Kier molecular flexibility index (Phi) is 3.80. The molecule has 2 aromatic heterocycles. The minimum absolute atomic E-state index is 0.0405. The molecule has 0 aliphatic rings. The Morgan fingerprint density at radius 2 is 2.26 bits per heavy atom. The van der Waals surface area contributed by atoms with Crippen LogP contribution in [-0.2, 0) is 7.05 Å². The SMILES string of the molecule is CCN(CCO)C(=O)c1cnc2c(c1)c(C)nn2C. The number of aryl methyl sites for hydroxylation is 2. The van der Waals surface area contributed by atoms with E-state index in [9.17, 15) is 4.79 Å². The molecule has 0 unspecified atom stereocenters. The van der Waals surface area contributed by atoms with Crippen molar-refractivity contribution >= 4 is 16.9 Å². The van der Waals surface area contributed by atoms with Crippen molar-refractivity contribution in [2.24, 2.45) is 7.05 Å². The molecule has 0 aromatic carbocycles. The number of hydrogen-bond donors (Lipinski definition) is 1. The summed E-state index contributed by atoms with van der Waals surface area (Å²) in [5.41, 5.74) is 2.14. The van der Waals surface area contributed by atoms with Gasteiger partial charge in [0.25, 0.3) is 5.91 Å². The third kappa shape index (κ3) is 2.44. The smallest absolute Gasteiger partial charge is 0.255 e. The Labute approximate surface area is 111 Å². The van der Waals surface area contributed by atoms with Crippen LogP contribution in [0.1, 0.15) is 23.0 Å². The third-order valence-electron chi connectivity index (χ3n) is 3.15. The van der Waals surface area contributed by atoms with Crippen LogP contribution in [0, 0.1) is 6.92 Å². The molecule has 0 aliphatic heterocycles. The molecule has 2 rings (SSSR count). The number of fused-ring (bicyclic) bond motifs is 1. The zero-order valence-corrected chi connectivity index (χ0v) is 11.4. The Morgan fingerprint density at radius 3 is 2.89 bits per heavy atom. The lowest BCUT2D eigenvalue weighted by molar-refractivity contribution is 0.0732. The van der Waals surface area contributed by atoms with Gasteiger partial charge in [0.15, 0.2) is 5.65 Å². The monoisotopic (exact) mass is 262 g/mol. The van der Waals surface area contributed by atoms with Crippen LogP contribution in [0.5, 0.6) is 0 Å². The molecular formula is C13H18N4O2. The van der Waals surface area contributed by atoms with Crippen LogP contribution >= 0.6 is 0 Å². The number of likely N-dealkylation sites (N-methyl/N-ethyl adjacent to an activating group) is 1. The van der Waals surface area contributed by atoms with Crippen LogP contribution in [0.2, 0.25) is 0 Å². The van der Waals surface area contributed by atoms with E-state index in [4.69, 9.17) is 5.11 Å². The molecule has 19 heavy (non-hydrogen) atoms. The molecule has 2 aromatic rings. The fourth-order valence-electron chi connectivity index (χ4n) is 2.13. The average Bonchev–Trinajstić information content (AvgIpc) is 2.70. The second kappa shape index (κ2) is 5.36. The number of aliphatic hydroxyl groups excluding tert-OH is 1. The Morgan fingerprint density at radius 1 is 1.53 bits per heavy atom. The highest BCUT2D eigenvalue weighted by Gasteiger charge is 2.16. The van der Waals surface area contributed by atoms with Crippen molar-refractivity contribution < 1.29 is 9.90 Å². The first-order valence-corrected chi connectivity index (χ1v) is 6.28. The van der Waals surface area contributed by atoms with E-state index in [-0.39, 0.29) is 12.5 Å². The van der Waals surface area contributed by atoms with Crippen LogP contribution < -0.4 is 0 Å². The van der Waals surface area contributed by atoms with E-state index < -0.39 is 0 Å². The number of aromatic nitrogens is 3. The fraction of sp³-hybridized carbons (Fsp3) is 0.462. The molecular weight excluding hydrogens is 244 g/mol. The zero-order valence-electron chi connectivity index (χ0n) is 11.4. The van der Waals surface area contributed by atoms with Crippen molar-refractivity contribution in [1.29, 1.82) is 0 Å². The molecule has 6 heteroatoms. The molecule has 0 aliphatic carbocycles.